The molecule has 0 saturated heterocycles. The zero-order valence-electron chi connectivity index (χ0n) is 65.3. The van der Waals surface area contributed by atoms with E-state index < -0.39 is 97.5 Å². The molecular formula is C81H158O17P2. The Balaban J connectivity index is 5.20. The van der Waals surface area contributed by atoms with E-state index in [4.69, 9.17) is 37.0 Å². The maximum absolute atomic E-state index is 13.1. The number of hydrogen-bond acceptors (Lipinski definition) is 15. The van der Waals surface area contributed by atoms with Crippen LogP contribution in [0, 0.1) is 5.92 Å². The lowest BCUT2D eigenvalue weighted by atomic mass is 10.0. The van der Waals surface area contributed by atoms with Crippen molar-refractivity contribution >= 4 is 39.5 Å². The van der Waals surface area contributed by atoms with Gasteiger partial charge in [0.1, 0.15) is 19.3 Å². The molecule has 0 aliphatic carbocycles. The van der Waals surface area contributed by atoms with Crippen molar-refractivity contribution in [3.8, 4) is 0 Å². The minimum atomic E-state index is -4.96. The average molecular weight is 1470 g/mol. The van der Waals surface area contributed by atoms with Crippen LogP contribution in [0.5, 0.6) is 0 Å². The van der Waals surface area contributed by atoms with E-state index in [1.165, 1.54) is 250 Å². The lowest BCUT2D eigenvalue weighted by Gasteiger charge is -2.21. The predicted octanol–water partition coefficient (Wildman–Crippen LogP) is 24.4. The largest absolute Gasteiger partial charge is 0.472 e. The first-order valence-corrected chi connectivity index (χ1v) is 45.1. The predicted molar refractivity (Wildman–Crippen MR) is 409 cm³/mol. The number of rotatable bonds is 81. The molecule has 3 N–H and O–H groups in total. The molecule has 0 rings (SSSR count). The number of hydrogen-bond donors (Lipinski definition) is 3. The molecule has 0 fully saturated rings. The molecule has 0 spiro atoms. The minimum Gasteiger partial charge on any atom is -0.462 e. The molecule has 0 aromatic carbocycles. The van der Waals surface area contributed by atoms with Gasteiger partial charge < -0.3 is 33.8 Å². The van der Waals surface area contributed by atoms with Gasteiger partial charge in [0, 0.05) is 25.7 Å². The highest BCUT2D eigenvalue weighted by molar-refractivity contribution is 7.47. The van der Waals surface area contributed by atoms with Crippen LogP contribution in [0.4, 0.5) is 0 Å². The molecule has 0 aromatic rings. The number of esters is 4. The highest BCUT2D eigenvalue weighted by Gasteiger charge is 2.30. The molecule has 0 aliphatic heterocycles. The van der Waals surface area contributed by atoms with Gasteiger partial charge in [-0.1, -0.05) is 381 Å². The summed E-state index contributed by atoms with van der Waals surface area (Å²) in [6.07, 6.45) is 65.3. The third-order valence-corrected chi connectivity index (χ3v) is 20.9. The summed E-state index contributed by atoms with van der Waals surface area (Å²) in [6.45, 7) is 7.31. The van der Waals surface area contributed by atoms with E-state index in [0.29, 0.717) is 25.7 Å². The summed E-state index contributed by atoms with van der Waals surface area (Å²) in [5.41, 5.74) is 0. The third kappa shape index (κ3) is 74.3. The molecule has 0 saturated carbocycles. The number of ether oxygens (including phenoxy) is 4. The zero-order valence-corrected chi connectivity index (χ0v) is 67.1. The quantitative estimate of drug-likeness (QED) is 0.0222. The Bertz CT molecular complexity index is 1910. The van der Waals surface area contributed by atoms with Gasteiger partial charge in [-0.25, -0.2) is 9.13 Å². The second-order valence-corrected chi connectivity index (χ2v) is 32.5. The molecule has 594 valence electrons. The Kier molecular flexibility index (Phi) is 72.5. The van der Waals surface area contributed by atoms with Crippen LogP contribution in [0.2, 0.25) is 0 Å². The van der Waals surface area contributed by atoms with E-state index in [-0.39, 0.29) is 25.7 Å². The molecule has 0 radical (unpaired) electrons. The number of aliphatic hydroxyl groups excluding tert-OH is 1. The normalized spacial score (nSPS) is 13.8. The number of unbranched alkanes of at least 4 members (excludes halogenated alkanes) is 53. The standard InChI is InChI=1S/C81H158O17P2/c1-6-9-12-15-18-21-23-25-27-29-30-31-33-35-37-42-46-51-56-61-66-80(85)98-77(71-92-79(84)65-60-55-50-45-41-36-34-32-28-26-24-22-19-16-13-10-7-2)73-96-100(89,90)94-69-75(82)68-93-99(87,88)95-72-76(70-91-78(83)64-59-54-49-20-17-14-11-8-3)97-81(86)67-62-57-52-47-43-39-38-40-44-48-53-58-63-74(4)5/h74-77,82H,6-73H2,1-5H3,(H,87,88)(H,89,90)/t75-,76+,77+/m0/s1. The van der Waals surface area contributed by atoms with E-state index in [2.05, 4.69) is 34.6 Å². The number of phosphoric ester groups is 2. The van der Waals surface area contributed by atoms with Crippen molar-refractivity contribution in [2.75, 3.05) is 39.6 Å². The van der Waals surface area contributed by atoms with Gasteiger partial charge in [0.25, 0.3) is 0 Å². The van der Waals surface area contributed by atoms with Crippen molar-refractivity contribution in [1.82, 2.24) is 0 Å². The molecule has 0 aliphatic rings. The van der Waals surface area contributed by atoms with Crippen LogP contribution in [-0.4, -0.2) is 96.7 Å². The van der Waals surface area contributed by atoms with Gasteiger partial charge >= 0.3 is 39.5 Å². The third-order valence-electron chi connectivity index (χ3n) is 19.0. The highest BCUT2D eigenvalue weighted by atomic mass is 31.2. The highest BCUT2D eigenvalue weighted by Crippen LogP contribution is 2.45. The molecule has 5 atom stereocenters. The van der Waals surface area contributed by atoms with Crippen molar-refractivity contribution in [2.24, 2.45) is 5.92 Å². The topological polar surface area (TPSA) is 237 Å². The lowest BCUT2D eigenvalue weighted by Crippen LogP contribution is -2.30. The maximum Gasteiger partial charge on any atom is 0.472 e. The lowest BCUT2D eigenvalue weighted by molar-refractivity contribution is -0.161. The van der Waals surface area contributed by atoms with Crippen LogP contribution < -0.4 is 0 Å². The summed E-state index contributed by atoms with van der Waals surface area (Å²) in [7, 11) is -9.91. The first-order chi connectivity index (χ1) is 48.5. The fourth-order valence-corrected chi connectivity index (χ4v) is 14.2. The van der Waals surface area contributed by atoms with Gasteiger partial charge in [-0.05, 0) is 31.6 Å². The molecule has 0 amide bonds. The summed E-state index contributed by atoms with van der Waals surface area (Å²) < 4.78 is 68.7. The van der Waals surface area contributed by atoms with E-state index >= 15 is 0 Å². The van der Waals surface area contributed by atoms with Gasteiger partial charge in [-0.15, -0.1) is 0 Å². The number of aliphatic hydroxyl groups is 1. The van der Waals surface area contributed by atoms with Crippen LogP contribution in [0.3, 0.4) is 0 Å². The van der Waals surface area contributed by atoms with Crippen LogP contribution in [0.1, 0.15) is 433 Å². The van der Waals surface area contributed by atoms with Crippen LogP contribution >= 0.6 is 15.6 Å². The van der Waals surface area contributed by atoms with Gasteiger partial charge in [0.05, 0.1) is 26.4 Å². The molecule has 19 heteroatoms. The molecule has 0 bridgehead atoms. The van der Waals surface area contributed by atoms with Crippen molar-refractivity contribution in [3.63, 3.8) is 0 Å². The second-order valence-electron chi connectivity index (χ2n) is 29.6. The molecule has 100 heavy (non-hydrogen) atoms. The fraction of sp³-hybridized carbons (Fsp3) is 0.951. The van der Waals surface area contributed by atoms with Gasteiger partial charge in [0.2, 0.25) is 0 Å². The van der Waals surface area contributed by atoms with Gasteiger partial charge in [0.15, 0.2) is 12.2 Å². The molecular weight excluding hydrogens is 1310 g/mol. The Labute approximate surface area is 613 Å². The van der Waals surface area contributed by atoms with E-state index in [9.17, 15) is 43.2 Å². The van der Waals surface area contributed by atoms with Crippen LogP contribution in [-0.2, 0) is 65.4 Å². The van der Waals surface area contributed by atoms with Crippen molar-refractivity contribution in [1.29, 1.82) is 0 Å². The molecule has 2 unspecified atom stereocenters. The van der Waals surface area contributed by atoms with Gasteiger partial charge in [-0.3, -0.25) is 37.3 Å². The summed E-state index contributed by atoms with van der Waals surface area (Å²) in [4.78, 5) is 72.9. The molecule has 0 heterocycles. The van der Waals surface area contributed by atoms with E-state index in [1.807, 2.05) is 0 Å². The number of carbonyl (C=O) groups is 4. The molecule has 0 aromatic heterocycles. The first kappa shape index (κ1) is 98.1. The summed E-state index contributed by atoms with van der Waals surface area (Å²) in [5, 5.41) is 10.6. The van der Waals surface area contributed by atoms with Crippen LogP contribution in [0.15, 0.2) is 0 Å². The Morgan fingerprint density at radius 1 is 0.270 bits per heavy atom. The Morgan fingerprint density at radius 2 is 0.460 bits per heavy atom. The van der Waals surface area contributed by atoms with Crippen LogP contribution in [0.25, 0.3) is 0 Å². The monoisotopic (exact) mass is 1470 g/mol. The number of phosphoric acid groups is 2. The Hall–Kier alpha value is -1.94. The Morgan fingerprint density at radius 3 is 0.680 bits per heavy atom. The van der Waals surface area contributed by atoms with E-state index in [1.54, 1.807) is 0 Å². The van der Waals surface area contributed by atoms with Gasteiger partial charge in [-0.2, -0.15) is 0 Å². The van der Waals surface area contributed by atoms with Crippen molar-refractivity contribution < 1.29 is 80.2 Å². The average Bonchev–Trinajstić information content (AvgIpc) is 1.18. The van der Waals surface area contributed by atoms with Crippen molar-refractivity contribution in [3.05, 3.63) is 0 Å². The smallest absolute Gasteiger partial charge is 0.462 e. The van der Waals surface area contributed by atoms with Crippen molar-refractivity contribution in [2.45, 2.75) is 451 Å². The SMILES string of the molecule is CCCCCCCCCCCCCCCCCCCCCCC(=O)O[C@H](COC(=O)CCCCCCCCCCCCCCCCCCC)COP(=O)(O)OC[C@@H](O)COP(=O)(O)OC[C@@H](COC(=O)CCCCCCCCCC)OC(=O)CCCCCCCCCCCCCCC(C)C. The zero-order chi connectivity index (χ0) is 73.4. The summed E-state index contributed by atoms with van der Waals surface area (Å²) in [6, 6.07) is 0. The second kappa shape index (κ2) is 73.9. The minimum absolute atomic E-state index is 0.107. The summed E-state index contributed by atoms with van der Waals surface area (Å²) in [5.74, 6) is -1.33. The maximum atomic E-state index is 13.1. The summed E-state index contributed by atoms with van der Waals surface area (Å²) >= 11 is 0. The fourth-order valence-electron chi connectivity index (χ4n) is 12.6. The first-order valence-electron chi connectivity index (χ1n) is 42.1. The van der Waals surface area contributed by atoms with E-state index in [0.717, 1.165) is 102 Å². The number of carbonyl (C=O) groups excluding carboxylic acids is 4. The molecule has 17 nitrogen and oxygen atoms in total.